The maximum Gasteiger partial charge on any atom is 0.142 e. The van der Waals surface area contributed by atoms with Gasteiger partial charge in [0.15, 0.2) is 0 Å². The molecule has 0 amide bonds. The molecule has 0 saturated carbocycles. The van der Waals surface area contributed by atoms with Crippen molar-refractivity contribution in [3.8, 4) is 0 Å². The van der Waals surface area contributed by atoms with E-state index < -0.39 is 0 Å². The Hall–Kier alpha value is -2.59. The van der Waals surface area contributed by atoms with Gasteiger partial charge in [-0.15, -0.1) is 0 Å². The number of benzene rings is 2. The lowest BCUT2D eigenvalue weighted by Gasteiger charge is -2.27. The molecule has 0 radical (unpaired) electrons. The summed E-state index contributed by atoms with van der Waals surface area (Å²) in [5, 5.41) is 5.30. The van der Waals surface area contributed by atoms with Crippen molar-refractivity contribution in [3.05, 3.63) is 88.5 Å². The Bertz CT molecular complexity index is 950. The summed E-state index contributed by atoms with van der Waals surface area (Å²) < 4.78 is 2.11. The number of fused-ring (bicyclic) bond motifs is 1. The third kappa shape index (κ3) is 4.06. The van der Waals surface area contributed by atoms with Crippen molar-refractivity contribution in [1.82, 2.24) is 9.55 Å². The second kappa shape index (κ2) is 7.97. The Morgan fingerprint density at radius 1 is 1.26 bits per heavy atom. The largest absolute Gasteiger partial charge is 0.391 e. The molecule has 5 heteroatoms. The molecule has 0 aliphatic heterocycles. The molecule has 2 aromatic carbocycles. The second-order valence-electron chi connectivity index (χ2n) is 6.98. The van der Waals surface area contributed by atoms with Crippen LogP contribution in [-0.4, -0.2) is 15.3 Å². The van der Waals surface area contributed by atoms with E-state index in [0.717, 1.165) is 30.7 Å². The molecular weight excluding hydrogens is 358 g/mol. The summed E-state index contributed by atoms with van der Waals surface area (Å²) >= 11 is 6.06. The lowest BCUT2D eigenvalue weighted by atomic mass is 9.80. The van der Waals surface area contributed by atoms with Crippen molar-refractivity contribution in [2.75, 3.05) is 0 Å². The highest BCUT2D eigenvalue weighted by Crippen LogP contribution is 2.30. The van der Waals surface area contributed by atoms with Crippen molar-refractivity contribution >= 4 is 17.3 Å². The van der Waals surface area contributed by atoms with Gasteiger partial charge in [0, 0.05) is 35.4 Å². The summed E-state index contributed by atoms with van der Waals surface area (Å²) in [4.78, 5) is 9.93. The average molecular weight is 380 g/mol. The number of oxime groups is 1. The zero-order chi connectivity index (χ0) is 18.6. The first-order valence-corrected chi connectivity index (χ1v) is 9.57. The number of halogens is 1. The fourth-order valence-corrected chi connectivity index (χ4v) is 3.92. The highest BCUT2D eigenvalue weighted by Gasteiger charge is 2.27. The van der Waals surface area contributed by atoms with E-state index >= 15 is 0 Å². The molecule has 1 atom stereocenters. The predicted octanol–water partition coefficient (Wildman–Crippen LogP) is 5.03. The summed E-state index contributed by atoms with van der Waals surface area (Å²) in [6, 6.07) is 14.1. The molecule has 1 heterocycles. The smallest absolute Gasteiger partial charge is 0.142 e. The van der Waals surface area contributed by atoms with Crippen LogP contribution in [0.5, 0.6) is 0 Å². The van der Waals surface area contributed by atoms with Crippen LogP contribution in [0.2, 0.25) is 5.02 Å². The van der Waals surface area contributed by atoms with Crippen molar-refractivity contribution in [2.24, 2.45) is 11.1 Å². The summed E-state index contributed by atoms with van der Waals surface area (Å²) in [5.74, 6) is 0.299. The van der Waals surface area contributed by atoms with E-state index in [1.165, 1.54) is 16.7 Å². The molecule has 1 aromatic heterocycles. The molecule has 3 aromatic rings. The zero-order valence-corrected chi connectivity index (χ0v) is 16.1. The van der Waals surface area contributed by atoms with Crippen LogP contribution in [0.3, 0.4) is 0 Å². The molecule has 1 unspecified atom stereocenters. The van der Waals surface area contributed by atoms with Gasteiger partial charge in [0.25, 0.3) is 0 Å². The first-order valence-electron chi connectivity index (χ1n) is 9.19. The minimum Gasteiger partial charge on any atom is -0.391 e. The van der Waals surface area contributed by atoms with Gasteiger partial charge in [0.05, 0.1) is 12.0 Å². The first kappa shape index (κ1) is 17.8. The fraction of sp³-hybridized carbons (Fsp3) is 0.273. The quantitative estimate of drug-likeness (QED) is 0.583. The number of hydrogen-bond donors (Lipinski definition) is 0. The van der Waals surface area contributed by atoms with Crippen LogP contribution < -0.4 is 0 Å². The van der Waals surface area contributed by atoms with Gasteiger partial charge in [-0.05, 0) is 48.6 Å². The van der Waals surface area contributed by atoms with E-state index in [1.807, 2.05) is 43.0 Å². The second-order valence-corrected chi connectivity index (χ2v) is 7.41. The van der Waals surface area contributed by atoms with E-state index in [-0.39, 0.29) is 0 Å². The Labute approximate surface area is 164 Å². The normalized spacial score (nSPS) is 17.7. The van der Waals surface area contributed by atoms with Crippen LogP contribution in [0.4, 0.5) is 0 Å². The average Bonchev–Trinajstić information content (AvgIpc) is 3.17. The van der Waals surface area contributed by atoms with Crippen molar-refractivity contribution in [1.29, 1.82) is 0 Å². The number of hydrogen-bond acceptors (Lipinski definition) is 3. The standard InChI is InChI=1S/C22H22ClN3O/c1-16-4-2-7-21-20(16)9-8-18(13-26-11-10-24-15-26)22(21)25-27-14-17-5-3-6-19(23)12-17/h2-7,10-12,15,18H,8-9,13-14H2,1H3/b25-22-. The van der Waals surface area contributed by atoms with E-state index in [2.05, 4.69) is 39.8 Å². The lowest BCUT2D eigenvalue weighted by molar-refractivity contribution is 0.128. The predicted molar refractivity (Wildman–Crippen MR) is 108 cm³/mol. The van der Waals surface area contributed by atoms with Crippen molar-refractivity contribution in [2.45, 2.75) is 32.9 Å². The lowest BCUT2D eigenvalue weighted by Crippen LogP contribution is -2.28. The Morgan fingerprint density at radius 2 is 2.15 bits per heavy atom. The molecule has 0 bridgehead atoms. The summed E-state index contributed by atoms with van der Waals surface area (Å²) in [7, 11) is 0. The van der Waals surface area contributed by atoms with Gasteiger partial charge in [-0.2, -0.15) is 0 Å². The maximum atomic E-state index is 6.06. The van der Waals surface area contributed by atoms with Crippen LogP contribution in [0, 0.1) is 12.8 Å². The van der Waals surface area contributed by atoms with Crippen molar-refractivity contribution in [3.63, 3.8) is 0 Å². The minimum atomic E-state index is 0.299. The third-order valence-corrected chi connectivity index (χ3v) is 5.32. The Kier molecular flexibility index (Phi) is 5.26. The Balaban J connectivity index is 1.60. The maximum absolute atomic E-state index is 6.06. The van der Waals surface area contributed by atoms with Gasteiger partial charge in [0.2, 0.25) is 0 Å². The summed E-state index contributed by atoms with van der Waals surface area (Å²) in [6.07, 6.45) is 7.78. The van der Waals surface area contributed by atoms with E-state index in [1.54, 1.807) is 0 Å². The number of aryl methyl sites for hydroxylation is 1. The van der Waals surface area contributed by atoms with Crippen LogP contribution in [0.25, 0.3) is 0 Å². The van der Waals surface area contributed by atoms with Gasteiger partial charge in [0.1, 0.15) is 6.61 Å². The van der Waals surface area contributed by atoms with Gasteiger partial charge < -0.3 is 9.40 Å². The molecule has 0 saturated heterocycles. The fourth-order valence-electron chi connectivity index (χ4n) is 3.70. The topological polar surface area (TPSA) is 39.4 Å². The zero-order valence-electron chi connectivity index (χ0n) is 15.3. The van der Waals surface area contributed by atoms with Gasteiger partial charge in [-0.1, -0.05) is 47.1 Å². The van der Waals surface area contributed by atoms with Gasteiger partial charge >= 0.3 is 0 Å². The monoisotopic (exact) mass is 379 g/mol. The number of nitrogens with zero attached hydrogens (tertiary/aromatic N) is 3. The highest BCUT2D eigenvalue weighted by molar-refractivity contribution is 6.30. The molecule has 0 N–H and O–H groups in total. The molecule has 0 fully saturated rings. The molecule has 1 aliphatic rings. The van der Waals surface area contributed by atoms with Crippen LogP contribution >= 0.6 is 11.6 Å². The van der Waals surface area contributed by atoms with Crippen LogP contribution in [-0.2, 0) is 24.4 Å². The summed E-state index contributed by atoms with van der Waals surface area (Å²) in [5.41, 5.74) is 5.94. The van der Waals surface area contributed by atoms with Gasteiger partial charge in [-0.3, -0.25) is 0 Å². The van der Waals surface area contributed by atoms with E-state index in [4.69, 9.17) is 16.4 Å². The van der Waals surface area contributed by atoms with Crippen molar-refractivity contribution < 1.29 is 4.84 Å². The molecule has 4 rings (SSSR count). The van der Waals surface area contributed by atoms with E-state index in [9.17, 15) is 0 Å². The molecule has 27 heavy (non-hydrogen) atoms. The minimum absolute atomic E-state index is 0.299. The highest BCUT2D eigenvalue weighted by atomic mass is 35.5. The first-order chi connectivity index (χ1) is 13.2. The summed E-state index contributed by atoms with van der Waals surface area (Å²) in [6.45, 7) is 3.43. The Morgan fingerprint density at radius 3 is 2.96 bits per heavy atom. The number of rotatable bonds is 5. The third-order valence-electron chi connectivity index (χ3n) is 5.09. The SMILES string of the molecule is Cc1cccc2c1CCC(Cn1ccnc1)/C2=N/OCc1cccc(Cl)c1. The number of imidazole rings is 1. The molecule has 4 nitrogen and oxygen atoms in total. The van der Waals surface area contributed by atoms with Crippen LogP contribution in [0.15, 0.2) is 66.3 Å². The van der Waals surface area contributed by atoms with Gasteiger partial charge in [-0.25, -0.2) is 4.98 Å². The van der Waals surface area contributed by atoms with E-state index in [0.29, 0.717) is 17.5 Å². The molecule has 0 spiro atoms. The molecular formula is C22H22ClN3O. The number of aromatic nitrogens is 2. The molecule has 138 valence electrons. The molecule has 1 aliphatic carbocycles. The van der Waals surface area contributed by atoms with Crippen LogP contribution in [0.1, 0.15) is 28.7 Å².